The third-order valence-corrected chi connectivity index (χ3v) is 5.31. The summed E-state index contributed by atoms with van der Waals surface area (Å²) in [6.07, 6.45) is 3.46. The summed E-state index contributed by atoms with van der Waals surface area (Å²) in [6.45, 7) is 5.68. The molecule has 0 radical (unpaired) electrons. The fraction of sp³-hybridized carbons (Fsp3) is 0.435. The van der Waals surface area contributed by atoms with Crippen LogP contribution in [0.3, 0.4) is 0 Å². The lowest BCUT2D eigenvalue weighted by Gasteiger charge is -2.25. The largest absolute Gasteiger partial charge is 0.497 e. The number of rotatable bonds is 9. The van der Waals surface area contributed by atoms with Gasteiger partial charge in [-0.3, -0.25) is 4.79 Å². The molecule has 1 aliphatic rings. The summed E-state index contributed by atoms with van der Waals surface area (Å²) in [4.78, 5) is 14.2. The first-order valence-electron chi connectivity index (χ1n) is 10.2. The molecule has 1 atom stereocenters. The molecule has 1 amide bonds. The quantitative estimate of drug-likeness (QED) is 0.700. The minimum atomic E-state index is -0.0425. The maximum absolute atomic E-state index is 12.6. The zero-order valence-corrected chi connectivity index (χ0v) is 16.9. The van der Waals surface area contributed by atoms with E-state index in [1.165, 1.54) is 23.3 Å². The topological polar surface area (TPSA) is 52.0 Å². The van der Waals surface area contributed by atoms with Crippen molar-refractivity contribution in [2.24, 2.45) is 0 Å². The van der Waals surface area contributed by atoms with Gasteiger partial charge in [-0.1, -0.05) is 6.92 Å². The van der Waals surface area contributed by atoms with E-state index >= 15 is 0 Å². The molecule has 0 aliphatic carbocycles. The Kier molecular flexibility index (Phi) is 7.31. The Morgan fingerprint density at radius 2 is 1.68 bits per heavy atom. The summed E-state index contributed by atoms with van der Waals surface area (Å²) < 4.78 is 10.9. The number of nitrogens with one attached hydrogen (secondary N) is 2. The van der Waals surface area contributed by atoms with Crippen LogP contribution < -0.4 is 19.7 Å². The second-order valence-electron chi connectivity index (χ2n) is 7.27. The molecule has 5 nitrogen and oxygen atoms in total. The van der Waals surface area contributed by atoms with Gasteiger partial charge in [0.25, 0.3) is 5.91 Å². The average Bonchev–Trinajstić information content (AvgIpc) is 3.27. The van der Waals surface area contributed by atoms with Crippen molar-refractivity contribution in [3.63, 3.8) is 0 Å². The van der Waals surface area contributed by atoms with Gasteiger partial charge in [0.1, 0.15) is 17.5 Å². The first-order valence-corrected chi connectivity index (χ1v) is 10.2. The van der Waals surface area contributed by atoms with Crippen LogP contribution in [0.4, 0.5) is 0 Å². The molecule has 0 saturated carbocycles. The van der Waals surface area contributed by atoms with Crippen LogP contribution in [-0.4, -0.2) is 39.3 Å². The Hall–Kier alpha value is -2.53. The number of carbonyl (C=O) groups excluding carboxylic acids is 1. The van der Waals surface area contributed by atoms with Crippen LogP contribution >= 0.6 is 0 Å². The zero-order valence-electron chi connectivity index (χ0n) is 16.9. The van der Waals surface area contributed by atoms with Gasteiger partial charge in [0, 0.05) is 24.0 Å². The van der Waals surface area contributed by atoms with Gasteiger partial charge in [-0.25, -0.2) is 0 Å². The molecule has 2 aromatic rings. The molecule has 150 valence electrons. The predicted molar refractivity (Wildman–Crippen MR) is 110 cm³/mol. The molecule has 0 bridgehead atoms. The lowest BCUT2D eigenvalue weighted by molar-refractivity contribution is -0.918. The van der Waals surface area contributed by atoms with E-state index in [4.69, 9.17) is 9.47 Å². The van der Waals surface area contributed by atoms with Crippen LogP contribution in [0.15, 0.2) is 48.5 Å². The van der Waals surface area contributed by atoms with Crippen LogP contribution in [0.5, 0.6) is 11.5 Å². The van der Waals surface area contributed by atoms with Gasteiger partial charge in [0.2, 0.25) is 0 Å². The Morgan fingerprint density at radius 1 is 1.04 bits per heavy atom. The number of quaternary nitrogens is 1. The molecule has 0 aromatic heterocycles. The molecule has 0 spiro atoms. The number of ether oxygens (including phenoxy) is 2. The Labute approximate surface area is 167 Å². The van der Waals surface area contributed by atoms with Gasteiger partial charge in [-0.05, 0) is 55.0 Å². The van der Waals surface area contributed by atoms with E-state index in [0.29, 0.717) is 18.7 Å². The van der Waals surface area contributed by atoms with Crippen LogP contribution in [0.25, 0.3) is 0 Å². The Bertz CT molecular complexity index is 737. The SMILES string of the molecule is CCCOc1ccc(C(=O)NC[C@H](c2ccc(OC)cc2)[NH+]2CCCC2)cc1. The smallest absolute Gasteiger partial charge is 0.251 e. The predicted octanol–water partition coefficient (Wildman–Crippen LogP) is 2.63. The maximum Gasteiger partial charge on any atom is 0.251 e. The van der Waals surface area contributed by atoms with Gasteiger partial charge in [-0.15, -0.1) is 0 Å². The van der Waals surface area contributed by atoms with Gasteiger partial charge in [0.05, 0.1) is 33.4 Å². The summed E-state index contributed by atoms with van der Waals surface area (Å²) in [5.74, 6) is 1.61. The number of amides is 1. The normalized spacial score (nSPS) is 15.2. The van der Waals surface area contributed by atoms with Crippen LogP contribution in [0, 0.1) is 0 Å². The number of carbonyl (C=O) groups is 1. The highest BCUT2D eigenvalue weighted by Crippen LogP contribution is 2.17. The van der Waals surface area contributed by atoms with E-state index in [2.05, 4.69) is 24.4 Å². The molecular formula is C23H31N2O3+. The summed E-state index contributed by atoms with van der Waals surface area (Å²) in [7, 11) is 1.68. The van der Waals surface area contributed by atoms with Crippen molar-refractivity contribution in [2.75, 3.05) is 33.4 Å². The summed E-state index contributed by atoms with van der Waals surface area (Å²) in [6, 6.07) is 15.8. The monoisotopic (exact) mass is 383 g/mol. The van der Waals surface area contributed by atoms with Crippen molar-refractivity contribution in [1.82, 2.24) is 5.32 Å². The molecule has 1 fully saturated rings. The third kappa shape index (κ3) is 5.26. The van der Waals surface area contributed by atoms with Gasteiger partial charge in [0.15, 0.2) is 0 Å². The standard InChI is InChI=1S/C23H30N2O3/c1-3-16-28-21-12-8-19(9-13-21)23(26)24-17-22(25-14-4-5-15-25)18-6-10-20(27-2)11-7-18/h6-13,22H,3-5,14-17H2,1-2H3,(H,24,26)/p+1/t22-/m1/s1. The molecule has 3 rings (SSSR count). The van der Waals surface area contributed by atoms with Crippen LogP contribution in [0.1, 0.15) is 48.1 Å². The third-order valence-electron chi connectivity index (χ3n) is 5.31. The first-order chi connectivity index (χ1) is 13.7. The number of hydrogen-bond acceptors (Lipinski definition) is 3. The van der Waals surface area contributed by atoms with Crippen molar-refractivity contribution >= 4 is 5.91 Å². The molecule has 2 aromatic carbocycles. The zero-order chi connectivity index (χ0) is 19.8. The van der Waals surface area contributed by atoms with Crippen molar-refractivity contribution in [2.45, 2.75) is 32.2 Å². The van der Waals surface area contributed by atoms with E-state index in [9.17, 15) is 4.79 Å². The van der Waals surface area contributed by atoms with Crippen LogP contribution in [0.2, 0.25) is 0 Å². The molecule has 1 heterocycles. The second kappa shape index (κ2) is 10.1. The van der Waals surface area contributed by atoms with E-state index < -0.39 is 0 Å². The number of likely N-dealkylation sites (tertiary alicyclic amines) is 1. The summed E-state index contributed by atoms with van der Waals surface area (Å²) >= 11 is 0. The van der Waals surface area contributed by atoms with Crippen LogP contribution in [-0.2, 0) is 0 Å². The van der Waals surface area contributed by atoms with Crippen molar-refractivity contribution in [3.05, 3.63) is 59.7 Å². The van der Waals surface area contributed by atoms with E-state index in [0.717, 1.165) is 31.0 Å². The van der Waals surface area contributed by atoms with Crippen molar-refractivity contribution in [3.8, 4) is 11.5 Å². The number of hydrogen-bond donors (Lipinski definition) is 2. The van der Waals surface area contributed by atoms with E-state index in [-0.39, 0.29) is 11.9 Å². The highest BCUT2D eigenvalue weighted by Gasteiger charge is 2.28. The summed E-state index contributed by atoms with van der Waals surface area (Å²) in [5, 5.41) is 3.13. The highest BCUT2D eigenvalue weighted by atomic mass is 16.5. The first kappa shape index (κ1) is 20.2. The summed E-state index contributed by atoms with van der Waals surface area (Å²) in [5.41, 5.74) is 1.90. The van der Waals surface area contributed by atoms with Gasteiger partial charge < -0.3 is 19.7 Å². The Balaban J connectivity index is 1.64. The molecule has 5 heteroatoms. The molecular weight excluding hydrogens is 352 g/mol. The van der Waals surface area contributed by atoms with Gasteiger partial charge >= 0.3 is 0 Å². The fourth-order valence-corrected chi connectivity index (χ4v) is 3.73. The lowest BCUT2D eigenvalue weighted by atomic mass is 10.0. The average molecular weight is 384 g/mol. The minimum Gasteiger partial charge on any atom is -0.497 e. The minimum absolute atomic E-state index is 0.0425. The molecule has 28 heavy (non-hydrogen) atoms. The lowest BCUT2D eigenvalue weighted by Crippen LogP contribution is -3.11. The van der Waals surface area contributed by atoms with Crippen molar-refractivity contribution < 1.29 is 19.2 Å². The Morgan fingerprint density at radius 3 is 2.29 bits per heavy atom. The van der Waals surface area contributed by atoms with E-state index in [1.54, 1.807) is 7.11 Å². The van der Waals surface area contributed by atoms with Crippen molar-refractivity contribution in [1.29, 1.82) is 0 Å². The maximum atomic E-state index is 12.6. The van der Waals surface area contributed by atoms with E-state index in [1.807, 2.05) is 36.4 Å². The molecule has 1 saturated heterocycles. The second-order valence-corrected chi connectivity index (χ2v) is 7.27. The molecule has 0 unspecified atom stereocenters. The number of benzene rings is 2. The van der Waals surface area contributed by atoms with Gasteiger partial charge in [-0.2, -0.15) is 0 Å². The molecule has 1 aliphatic heterocycles. The highest BCUT2D eigenvalue weighted by molar-refractivity contribution is 5.94. The number of methoxy groups -OCH3 is 1. The molecule has 2 N–H and O–H groups in total. The fourth-order valence-electron chi connectivity index (χ4n) is 3.73.